The summed E-state index contributed by atoms with van der Waals surface area (Å²) in [5.41, 5.74) is 0.775. The average molecular weight is 326 g/mol. The number of thiazole rings is 1. The first-order valence-electron chi connectivity index (χ1n) is 6.24. The van der Waals surface area contributed by atoms with E-state index >= 15 is 0 Å². The van der Waals surface area contributed by atoms with Gasteiger partial charge in [0.15, 0.2) is 0 Å². The number of carboxylic acid groups (broad SMARTS) is 1. The van der Waals surface area contributed by atoms with Crippen molar-refractivity contribution in [3.8, 4) is 0 Å². The second-order valence-corrected chi connectivity index (χ2v) is 7.16. The van der Waals surface area contributed by atoms with E-state index in [0.717, 1.165) is 37.7 Å². The first kappa shape index (κ1) is 13.9. The lowest BCUT2D eigenvalue weighted by Crippen LogP contribution is -2.08. The van der Waals surface area contributed by atoms with E-state index in [4.69, 9.17) is 16.7 Å². The molecule has 0 bridgehead atoms. The van der Waals surface area contributed by atoms with Crippen molar-refractivity contribution in [2.45, 2.75) is 29.4 Å². The third-order valence-corrected chi connectivity index (χ3v) is 6.09. The minimum atomic E-state index is -0.764. The summed E-state index contributed by atoms with van der Waals surface area (Å²) >= 11 is 9.38. The van der Waals surface area contributed by atoms with E-state index in [9.17, 15) is 4.79 Å². The van der Waals surface area contributed by atoms with Crippen LogP contribution < -0.4 is 0 Å². The number of fused-ring (bicyclic) bond motifs is 1. The number of hydrogen-bond donors (Lipinski definition) is 1. The largest absolute Gasteiger partial charge is 0.481 e. The van der Waals surface area contributed by atoms with Crippen LogP contribution in [0, 0.1) is 0 Å². The van der Waals surface area contributed by atoms with Crippen LogP contribution in [0.4, 0.5) is 0 Å². The van der Waals surface area contributed by atoms with E-state index in [-0.39, 0.29) is 0 Å². The zero-order chi connectivity index (χ0) is 14.1. The van der Waals surface area contributed by atoms with Gasteiger partial charge in [0, 0.05) is 9.77 Å². The molecule has 104 valence electrons. The molecule has 3 nitrogen and oxygen atoms in total. The van der Waals surface area contributed by atoms with Crippen LogP contribution in [0.1, 0.15) is 27.9 Å². The second kappa shape index (κ2) is 5.76. The molecule has 1 aromatic heterocycles. The number of aryl methyl sites for hydroxylation is 1. The number of carboxylic acids is 1. The molecule has 3 rings (SSSR count). The normalized spacial score (nSPS) is 17.1. The lowest BCUT2D eigenvalue weighted by Gasteiger charge is -2.03. The van der Waals surface area contributed by atoms with E-state index in [1.807, 2.05) is 24.3 Å². The van der Waals surface area contributed by atoms with Gasteiger partial charge in [0.25, 0.3) is 0 Å². The van der Waals surface area contributed by atoms with Gasteiger partial charge in [-0.1, -0.05) is 23.7 Å². The maximum absolute atomic E-state index is 11.1. The number of rotatable bonds is 4. The van der Waals surface area contributed by atoms with E-state index < -0.39 is 11.9 Å². The summed E-state index contributed by atoms with van der Waals surface area (Å²) in [6.45, 7) is 0. The topological polar surface area (TPSA) is 50.2 Å². The van der Waals surface area contributed by atoms with Gasteiger partial charge in [-0.05, 0) is 25.0 Å². The summed E-state index contributed by atoms with van der Waals surface area (Å²) in [6.07, 6.45) is 1.52. The van der Waals surface area contributed by atoms with Crippen molar-refractivity contribution in [1.29, 1.82) is 0 Å². The van der Waals surface area contributed by atoms with Crippen molar-refractivity contribution in [2.24, 2.45) is 0 Å². The van der Waals surface area contributed by atoms with Gasteiger partial charge < -0.3 is 5.11 Å². The molecule has 1 atom stereocenters. The van der Waals surface area contributed by atoms with Gasteiger partial charge in [-0.2, -0.15) is 0 Å². The highest BCUT2D eigenvalue weighted by atomic mass is 35.5. The van der Waals surface area contributed by atoms with Gasteiger partial charge in [-0.15, -0.1) is 23.1 Å². The fourth-order valence-electron chi connectivity index (χ4n) is 2.28. The lowest BCUT2D eigenvalue weighted by molar-refractivity contribution is -0.138. The van der Waals surface area contributed by atoms with Crippen LogP contribution in [0.5, 0.6) is 0 Å². The van der Waals surface area contributed by atoms with E-state index in [0.29, 0.717) is 6.42 Å². The van der Waals surface area contributed by atoms with Crippen LogP contribution in [-0.4, -0.2) is 16.1 Å². The number of aliphatic carboxylic acids is 1. The molecule has 0 saturated heterocycles. The Labute approximate surface area is 130 Å². The Bertz CT molecular complexity index is 656. The first-order chi connectivity index (χ1) is 9.65. The number of carbonyl (C=O) groups is 1. The molecule has 1 unspecified atom stereocenters. The van der Waals surface area contributed by atoms with Crippen LogP contribution in [0.15, 0.2) is 29.2 Å². The van der Waals surface area contributed by atoms with E-state index in [1.165, 1.54) is 0 Å². The monoisotopic (exact) mass is 325 g/mol. The number of hydrogen-bond acceptors (Lipinski definition) is 4. The molecule has 1 heterocycles. The SMILES string of the molecule is O=C(O)C1CCc2sc(CSc3ccccc3Cl)nc21. The Morgan fingerprint density at radius 1 is 1.50 bits per heavy atom. The van der Waals surface area contributed by atoms with Crippen molar-refractivity contribution in [1.82, 2.24) is 4.98 Å². The predicted molar refractivity (Wildman–Crippen MR) is 81.8 cm³/mol. The van der Waals surface area contributed by atoms with Crippen LogP contribution in [0.3, 0.4) is 0 Å². The molecule has 6 heteroatoms. The minimum absolute atomic E-state index is 0.416. The Balaban J connectivity index is 1.73. The van der Waals surface area contributed by atoms with Crippen molar-refractivity contribution in [3.63, 3.8) is 0 Å². The quantitative estimate of drug-likeness (QED) is 0.856. The Hall–Kier alpha value is -1.04. The number of thioether (sulfide) groups is 1. The third kappa shape index (κ3) is 2.71. The van der Waals surface area contributed by atoms with Crippen LogP contribution in [0.2, 0.25) is 5.02 Å². The van der Waals surface area contributed by atoms with E-state index in [1.54, 1.807) is 23.1 Å². The van der Waals surface area contributed by atoms with Gasteiger partial charge >= 0.3 is 5.97 Å². The molecule has 0 aliphatic heterocycles. The molecule has 1 N–H and O–H groups in total. The summed E-state index contributed by atoms with van der Waals surface area (Å²) in [5.74, 6) is -0.451. The lowest BCUT2D eigenvalue weighted by atomic mass is 10.1. The molecule has 0 fully saturated rings. The van der Waals surface area contributed by atoms with Gasteiger partial charge in [0.05, 0.1) is 16.5 Å². The highest BCUT2D eigenvalue weighted by Crippen LogP contribution is 2.38. The smallest absolute Gasteiger partial charge is 0.312 e. The van der Waals surface area contributed by atoms with Gasteiger partial charge in [-0.25, -0.2) is 4.98 Å². The number of nitrogens with zero attached hydrogens (tertiary/aromatic N) is 1. The predicted octanol–water partition coefficient (Wildman–Crippen LogP) is 4.20. The van der Waals surface area contributed by atoms with Crippen molar-refractivity contribution < 1.29 is 9.90 Å². The molecule has 0 amide bonds. The van der Waals surface area contributed by atoms with E-state index in [2.05, 4.69) is 4.98 Å². The molecule has 1 aromatic carbocycles. The molecular formula is C14H12ClNO2S2. The zero-order valence-corrected chi connectivity index (χ0v) is 12.9. The molecule has 0 saturated carbocycles. The van der Waals surface area contributed by atoms with Crippen molar-refractivity contribution >= 4 is 40.7 Å². The molecular weight excluding hydrogens is 314 g/mol. The summed E-state index contributed by atoms with van der Waals surface area (Å²) in [5, 5.41) is 10.9. The number of halogens is 1. The van der Waals surface area contributed by atoms with Crippen LogP contribution in [0.25, 0.3) is 0 Å². The number of benzene rings is 1. The summed E-state index contributed by atoms with van der Waals surface area (Å²) in [6, 6.07) is 7.71. The Morgan fingerprint density at radius 2 is 2.30 bits per heavy atom. The maximum Gasteiger partial charge on any atom is 0.312 e. The molecule has 20 heavy (non-hydrogen) atoms. The first-order valence-corrected chi connectivity index (χ1v) is 8.42. The zero-order valence-electron chi connectivity index (χ0n) is 10.5. The van der Waals surface area contributed by atoms with Gasteiger partial charge in [0.1, 0.15) is 10.9 Å². The molecule has 0 radical (unpaired) electrons. The third-order valence-electron chi connectivity index (χ3n) is 3.25. The molecule has 1 aliphatic carbocycles. The van der Waals surface area contributed by atoms with Crippen LogP contribution >= 0.6 is 34.7 Å². The average Bonchev–Trinajstić information content (AvgIpc) is 2.96. The Morgan fingerprint density at radius 3 is 3.05 bits per heavy atom. The maximum atomic E-state index is 11.1. The molecule has 0 spiro atoms. The summed E-state index contributed by atoms with van der Waals surface area (Å²) < 4.78 is 0. The van der Waals surface area contributed by atoms with Crippen LogP contribution in [-0.2, 0) is 17.0 Å². The number of aromatic nitrogens is 1. The Kier molecular flexibility index (Phi) is 4.01. The van der Waals surface area contributed by atoms with Crippen molar-refractivity contribution in [3.05, 3.63) is 44.9 Å². The van der Waals surface area contributed by atoms with Crippen molar-refractivity contribution in [2.75, 3.05) is 0 Å². The highest BCUT2D eigenvalue weighted by Gasteiger charge is 2.32. The van der Waals surface area contributed by atoms with Gasteiger partial charge in [0.2, 0.25) is 0 Å². The summed E-state index contributed by atoms with van der Waals surface area (Å²) in [7, 11) is 0. The summed E-state index contributed by atoms with van der Waals surface area (Å²) in [4.78, 5) is 17.8. The fraction of sp³-hybridized carbons (Fsp3) is 0.286. The van der Waals surface area contributed by atoms with Gasteiger partial charge in [-0.3, -0.25) is 4.79 Å². The standard InChI is InChI=1S/C14H12ClNO2S2/c15-9-3-1-2-4-10(9)19-7-12-16-13-8(14(17)18)5-6-11(13)20-12/h1-4,8H,5-7H2,(H,17,18). The fourth-order valence-corrected chi connectivity index (χ4v) is 4.66. The molecule has 1 aliphatic rings. The minimum Gasteiger partial charge on any atom is -0.481 e. The molecule has 2 aromatic rings. The second-order valence-electron chi connectivity index (χ2n) is 4.56. The highest BCUT2D eigenvalue weighted by molar-refractivity contribution is 7.98.